The summed E-state index contributed by atoms with van der Waals surface area (Å²) in [5.74, 6) is 0.710. The van der Waals surface area contributed by atoms with E-state index in [1.807, 2.05) is 12.1 Å². The Morgan fingerprint density at radius 3 is 2.73 bits per heavy atom. The zero-order chi connectivity index (χ0) is 17.9. The van der Waals surface area contributed by atoms with Crippen molar-refractivity contribution in [3.8, 4) is 5.88 Å². The van der Waals surface area contributed by atoms with Crippen molar-refractivity contribution in [1.82, 2.24) is 14.9 Å². The third kappa shape index (κ3) is 3.86. The van der Waals surface area contributed by atoms with Crippen molar-refractivity contribution in [2.75, 3.05) is 13.1 Å². The molecule has 26 heavy (non-hydrogen) atoms. The summed E-state index contributed by atoms with van der Waals surface area (Å²) in [7, 11) is 0. The van der Waals surface area contributed by atoms with Crippen LogP contribution in [0.15, 0.2) is 42.9 Å². The fourth-order valence-corrected chi connectivity index (χ4v) is 4.34. The Labute approximate surface area is 153 Å². The van der Waals surface area contributed by atoms with Crippen LogP contribution in [0.3, 0.4) is 0 Å². The van der Waals surface area contributed by atoms with Crippen molar-refractivity contribution in [3.63, 3.8) is 0 Å². The van der Waals surface area contributed by atoms with E-state index < -0.39 is 0 Å². The average Bonchev–Trinajstić information content (AvgIpc) is 3.07. The predicted molar refractivity (Wildman–Crippen MR) is 97.4 cm³/mol. The first-order valence-corrected chi connectivity index (χ1v) is 9.37. The number of hydrogen-bond donors (Lipinski definition) is 1. The van der Waals surface area contributed by atoms with Gasteiger partial charge in [-0.05, 0) is 55.8 Å². The number of benzene rings is 1. The van der Waals surface area contributed by atoms with Gasteiger partial charge in [0, 0.05) is 31.0 Å². The summed E-state index contributed by atoms with van der Waals surface area (Å²) in [5, 5.41) is 0. The predicted octanol–water partition coefficient (Wildman–Crippen LogP) is 2.73. The van der Waals surface area contributed by atoms with E-state index in [1.165, 1.54) is 17.7 Å². The van der Waals surface area contributed by atoms with E-state index in [0.717, 1.165) is 38.8 Å². The SMILES string of the molecule is NC1CCCN(C2CC(c3ccc(F)cc3)CC2Oc2cnccn2)C1. The maximum atomic E-state index is 13.3. The van der Waals surface area contributed by atoms with E-state index >= 15 is 0 Å². The molecule has 4 atom stereocenters. The standard InChI is InChI=1S/C20H25FN4O/c21-16-5-3-14(4-6-16)15-10-18(25-9-1-2-17(22)13-25)19(11-15)26-20-12-23-7-8-24-20/h3-8,12,15,17-19H,1-2,9-11,13,22H2. The van der Waals surface area contributed by atoms with E-state index in [9.17, 15) is 4.39 Å². The molecule has 5 nitrogen and oxygen atoms in total. The van der Waals surface area contributed by atoms with Crippen molar-refractivity contribution >= 4 is 0 Å². The minimum atomic E-state index is -0.197. The van der Waals surface area contributed by atoms with Crippen molar-refractivity contribution < 1.29 is 9.13 Å². The number of likely N-dealkylation sites (tertiary alicyclic amines) is 1. The highest BCUT2D eigenvalue weighted by Crippen LogP contribution is 2.39. The van der Waals surface area contributed by atoms with Crippen LogP contribution in [0.4, 0.5) is 4.39 Å². The molecule has 138 valence electrons. The van der Waals surface area contributed by atoms with E-state index in [4.69, 9.17) is 10.5 Å². The molecule has 4 unspecified atom stereocenters. The fraction of sp³-hybridized carbons (Fsp3) is 0.500. The van der Waals surface area contributed by atoms with Gasteiger partial charge < -0.3 is 10.5 Å². The lowest BCUT2D eigenvalue weighted by Crippen LogP contribution is -2.51. The first-order valence-electron chi connectivity index (χ1n) is 9.37. The summed E-state index contributed by atoms with van der Waals surface area (Å²) < 4.78 is 19.5. The second-order valence-corrected chi connectivity index (χ2v) is 7.38. The van der Waals surface area contributed by atoms with Crippen molar-refractivity contribution in [2.24, 2.45) is 5.73 Å². The number of aromatic nitrogens is 2. The average molecular weight is 356 g/mol. The highest BCUT2D eigenvalue weighted by molar-refractivity contribution is 5.23. The first-order chi connectivity index (χ1) is 12.7. The highest BCUT2D eigenvalue weighted by Gasteiger charge is 2.41. The number of hydrogen-bond acceptors (Lipinski definition) is 5. The Balaban J connectivity index is 1.54. The largest absolute Gasteiger partial charge is 0.472 e. The molecular weight excluding hydrogens is 331 g/mol. The molecule has 1 aromatic heterocycles. The number of piperidine rings is 1. The maximum Gasteiger partial charge on any atom is 0.232 e. The van der Waals surface area contributed by atoms with Gasteiger partial charge in [-0.15, -0.1) is 0 Å². The third-order valence-electron chi connectivity index (χ3n) is 5.58. The van der Waals surface area contributed by atoms with Crippen LogP contribution in [-0.2, 0) is 0 Å². The third-order valence-corrected chi connectivity index (χ3v) is 5.58. The van der Waals surface area contributed by atoms with Crippen LogP contribution < -0.4 is 10.5 Å². The fourth-order valence-electron chi connectivity index (χ4n) is 4.34. The van der Waals surface area contributed by atoms with Gasteiger partial charge in [-0.3, -0.25) is 9.88 Å². The lowest BCUT2D eigenvalue weighted by Gasteiger charge is -2.37. The smallest absolute Gasteiger partial charge is 0.232 e. The number of halogens is 1. The van der Waals surface area contributed by atoms with Crippen LogP contribution in [0.25, 0.3) is 0 Å². The van der Waals surface area contributed by atoms with Crippen molar-refractivity contribution in [1.29, 1.82) is 0 Å². The Morgan fingerprint density at radius 2 is 2.00 bits per heavy atom. The molecule has 2 heterocycles. The molecule has 1 aromatic carbocycles. The molecule has 1 saturated carbocycles. The molecule has 1 aliphatic carbocycles. The second-order valence-electron chi connectivity index (χ2n) is 7.38. The van der Waals surface area contributed by atoms with Crippen LogP contribution in [0, 0.1) is 5.82 Å². The number of nitrogens with zero attached hydrogens (tertiary/aromatic N) is 3. The molecule has 2 N–H and O–H groups in total. The van der Waals surface area contributed by atoms with E-state index in [0.29, 0.717) is 17.8 Å². The molecule has 0 amide bonds. The lowest BCUT2D eigenvalue weighted by molar-refractivity contribution is 0.0654. The molecule has 2 fully saturated rings. The summed E-state index contributed by atoms with van der Waals surface area (Å²) in [5.41, 5.74) is 7.38. The Morgan fingerprint density at radius 1 is 1.15 bits per heavy atom. The second kappa shape index (κ2) is 7.68. The van der Waals surface area contributed by atoms with Gasteiger partial charge in [-0.25, -0.2) is 9.37 Å². The zero-order valence-corrected chi connectivity index (χ0v) is 14.8. The van der Waals surface area contributed by atoms with E-state index in [-0.39, 0.29) is 18.0 Å². The Hall–Kier alpha value is -2.05. The van der Waals surface area contributed by atoms with Crippen molar-refractivity contribution in [2.45, 2.75) is 49.8 Å². The van der Waals surface area contributed by atoms with Crippen LogP contribution in [-0.4, -0.2) is 46.1 Å². The molecule has 2 aliphatic rings. The van der Waals surface area contributed by atoms with Gasteiger partial charge >= 0.3 is 0 Å². The van der Waals surface area contributed by atoms with Gasteiger partial charge in [0.05, 0.1) is 6.20 Å². The normalized spacial score (nSPS) is 29.6. The topological polar surface area (TPSA) is 64.3 Å². The summed E-state index contributed by atoms with van der Waals surface area (Å²) in [4.78, 5) is 10.8. The number of nitrogens with two attached hydrogens (primary N) is 1. The lowest BCUT2D eigenvalue weighted by atomic mass is 9.97. The number of rotatable bonds is 4. The number of ether oxygens (including phenoxy) is 1. The van der Waals surface area contributed by atoms with Crippen LogP contribution in [0.1, 0.15) is 37.2 Å². The highest BCUT2D eigenvalue weighted by atomic mass is 19.1. The maximum absolute atomic E-state index is 13.3. The molecule has 1 aliphatic heterocycles. The van der Waals surface area contributed by atoms with Crippen LogP contribution in [0.2, 0.25) is 0 Å². The molecule has 1 saturated heterocycles. The van der Waals surface area contributed by atoms with Gasteiger partial charge in [-0.2, -0.15) is 0 Å². The molecule has 2 aromatic rings. The zero-order valence-electron chi connectivity index (χ0n) is 14.8. The van der Waals surface area contributed by atoms with Gasteiger partial charge in [0.2, 0.25) is 5.88 Å². The molecule has 0 bridgehead atoms. The molecule has 4 rings (SSSR count). The van der Waals surface area contributed by atoms with E-state index in [1.54, 1.807) is 18.6 Å². The summed E-state index contributed by atoms with van der Waals surface area (Å²) in [6.07, 6.45) is 9.06. The summed E-state index contributed by atoms with van der Waals surface area (Å²) >= 11 is 0. The Bertz CT molecular complexity index is 712. The minimum absolute atomic E-state index is 0.0343. The molecule has 0 spiro atoms. The van der Waals surface area contributed by atoms with Gasteiger partial charge in [0.15, 0.2) is 0 Å². The van der Waals surface area contributed by atoms with E-state index in [2.05, 4.69) is 14.9 Å². The monoisotopic (exact) mass is 356 g/mol. The van der Waals surface area contributed by atoms with Gasteiger partial charge in [-0.1, -0.05) is 12.1 Å². The molecule has 6 heteroatoms. The summed E-state index contributed by atoms with van der Waals surface area (Å²) in [6.45, 7) is 1.95. The van der Waals surface area contributed by atoms with Gasteiger partial charge in [0.1, 0.15) is 11.9 Å². The first kappa shape index (κ1) is 17.4. The van der Waals surface area contributed by atoms with Gasteiger partial charge in [0.25, 0.3) is 0 Å². The van der Waals surface area contributed by atoms with Crippen molar-refractivity contribution in [3.05, 3.63) is 54.2 Å². The molecule has 0 radical (unpaired) electrons. The summed E-state index contributed by atoms with van der Waals surface area (Å²) in [6, 6.07) is 7.38. The Kier molecular flexibility index (Phi) is 5.13. The quantitative estimate of drug-likeness (QED) is 0.913. The minimum Gasteiger partial charge on any atom is -0.472 e. The molecular formula is C20H25FN4O. The van der Waals surface area contributed by atoms with Crippen LogP contribution >= 0.6 is 0 Å². The van der Waals surface area contributed by atoms with Crippen LogP contribution in [0.5, 0.6) is 5.88 Å².